The van der Waals surface area contributed by atoms with Crippen molar-refractivity contribution in [2.24, 2.45) is 0 Å². The molecule has 0 spiro atoms. The molecule has 0 aliphatic carbocycles. The summed E-state index contributed by atoms with van der Waals surface area (Å²) in [5, 5.41) is 7.02. The van der Waals surface area contributed by atoms with Crippen LogP contribution in [0.15, 0.2) is 53.1 Å². The Balaban J connectivity index is 1.57. The molecule has 162 valence electrons. The maximum absolute atomic E-state index is 13.3. The number of halogens is 1. The van der Waals surface area contributed by atoms with Crippen LogP contribution in [-0.4, -0.2) is 28.6 Å². The van der Waals surface area contributed by atoms with Crippen molar-refractivity contribution < 1.29 is 23.2 Å². The number of ether oxygens (including phenoxy) is 1. The standard InChI is InChI=1S/C24H20FN3O4/c1-13-5-4-6-19(14(13)2)26-21(29)12-31-24(30)18-11-20(16-7-9-17(25)10-8-16)27-23-22(18)15(3)28-32-23/h4-11H,12H2,1-3H3,(H,26,29). The van der Waals surface area contributed by atoms with Crippen LogP contribution in [0.4, 0.5) is 10.1 Å². The zero-order valence-corrected chi connectivity index (χ0v) is 17.7. The maximum atomic E-state index is 13.3. The average molecular weight is 433 g/mol. The second-order valence-corrected chi connectivity index (χ2v) is 7.38. The van der Waals surface area contributed by atoms with Gasteiger partial charge in [0.2, 0.25) is 0 Å². The molecule has 32 heavy (non-hydrogen) atoms. The number of nitrogens with one attached hydrogen (secondary N) is 1. The lowest BCUT2D eigenvalue weighted by molar-refractivity contribution is -0.119. The second kappa shape index (κ2) is 8.58. The quantitative estimate of drug-likeness (QED) is 0.457. The van der Waals surface area contributed by atoms with Crippen molar-refractivity contribution in [1.82, 2.24) is 10.1 Å². The van der Waals surface area contributed by atoms with Crippen LogP contribution < -0.4 is 5.32 Å². The molecule has 0 fully saturated rings. The molecule has 0 aliphatic heterocycles. The number of amides is 1. The predicted octanol–water partition coefficient (Wildman–Crippen LogP) is 4.75. The number of aromatic nitrogens is 2. The van der Waals surface area contributed by atoms with Crippen LogP contribution in [0, 0.1) is 26.6 Å². The molecule has 2 aromatic heterocycles. The molecule has 1 N–H and O–H groups in total. The van der Waals surface area contributed by atoms with E-state index in [-0.39, 0.29) is 17.1 Å². The molecule has 0 unspecified atom stereocenters. The summed E-state index contributed by atoms with van der Waals surface area (Å²) >= 11 is 0. The van der Waals surface area contributed by atoms with Crippen LogP contribution in [0.25, 0.3) is 22.4 Å². The summed E-state index contributed by atoms with van der Waals surface area (Å²) in [5.41, 5.74) is 4.38. The minimum atomic E-state index is -0.719. The Morgan fingerprint density at radius 1 is 1.09 bits per heavy atom. The van der Waals surface area contributed by atoms with Crippen LogP contribution >= 0.6 is 0 Å². The third-order valence-corrected chi connectivity index (χ3v) is 5.19. The molecule has 4 rings (SSSR count). The highest BCUT2D eigenvalue weighted by molar-refractivity contribution is 6.05. The summed E-state index contributed by atoms with van der Waals surface area (Å²) < 4.78 is 23.8. The Labute approximate surface area is 183 Å². The fourth-order valence-corrected chi connectivity index (χ4v) is 3.31. The van der Waals surface area contributed by atoms with E-state index in [2.05, 4.69) is 15.5 Å². The van der Waals surface area contributed by atoms with Gasteiger partial charge in [-0.05, 0) is 68.3 Å². The van der Waals surface area contributed by atoms with E-state index in [1.165, 1.54) is 18.2 Å². The molecule has 0 saturated carbocycles. The highest BCUT2D eigenvalue weighted by Gasteiger charge is 2.21. The van der Waals surface area contributed by atoms with Crippen LogP contribution in [0.1, 0.15) is 27.2 Å². The van der Waals surface area contributed by atoms with Crippen molar-refractivity contribution in [3.05, 3.63) is 76.7 Å². The maximum Gasteiger partial charge on any atom is 0.339 e. The highest BCUT2D eigenvalue weighted by atomic mass is 19.1. The van der Waals surface area contributed by atoms with Gasteiger partial charge in [-0.25, -0.2) is 14.2 Å². The summed E-state index contributed by atoms with van der Waals surface area (Å²) in [4.78, 5) is 29.6. The number of rotatable bonds is 5. The Bertz CT molecular complexity index is 1330. The largest absolute Gasteiger partial charge is 0.452 e. The minimum Gasteiger partial charge on any atom is -0.452 e. The normalized spacial score (nSPS) is 10.9. The molecular weight excluding hydrogens is 413 g/mol. The van der Waals surface area contributed by atoms with Crippen molar-refractivity contribution >= 4 is 28.7 Å². The van der Waals surface area contributed by atoms with E-state index in [9.17, 15) is 14.0 Å². The van der Waals surface area contributed by atoms with Gasteiger partial charge < -0.3 is 14.6 Å². The van der Waals surface area contributed by atoms with Crippen molar-refractivity contribution in [2.45, 2.75) is 20.8 Å². The van der Waals surface area contributed by atoms with Crippen molar-refractivity contribution in [2.75, 3.05) is 11.9 Å². The zero-order chi connectivity index (χ0) is 22.8. The van der Waals surface area contributed by atoms with Gasteiger partial charge in [-0.2, -0.15) is 0 Å². The summed E-state index contributed by atoms with van der Waals surface area (Å²) in [6.07, 6.45) is 0. The number of hydrogen-bond donors (Lipinski definition) is 1. The minimum absolute atomic E-state index is 0.149. The molecule has 0 atom stereocenters. The van der Waals surface area contributed by atoms with E-state index in [1.54, 1.807) is 25.1 Å². The van der Waals surface area contributed by atoms with E-state index in [1.807, 2.05) is 26.0 Å². The highest BCUT2D eigenvalue weighted by Crippen LogP contribution is 2.28. The predicted molar refractivity (Wildman–Crippen MR) is 117 cm³/mol. The first kappa shape index (κ1) is 21.2. The number of anilines is 1. The number of pyridine rings is 1. The van der Waals surface area contributed by atoms with E-state index < -0.39 is 18.5 Å². The average Bonchev–Trinajstić information content (AvgIpc) is 3.16. The lowest BCUT2D eigenvalue weighted by Gasteiger charge is -2.11. The zero-order valence-electron chi connectivity index (χ0n) is 17.7. The van der Waals surface area contributed by atoms with Gasteiger partial charge in [-0.15, -0.1) is 0 Å². The summed E-state index contributed by atoms with van der Waals surface area (Å²) in [5.74, 6) is -1.57. The van der Waals surface area contributed by atoms with Gasteiger partial charge in [0, 0.05) is 11.3 Å². The monoisotopic (exact) mass is 433 g/mol. The van der Waals surface area contributed by atoms with Gasteiger partial charge in [-0.1, -0.05) is 17.3 Å². The number of hydrogen-bond acceptors (Lipinski definition) is 6. The number of aryl methyl sites for hydroxylation is 2. The summed E-state index contributed by atoms with van der Waals surface area (Å²) in [6.45, 7) is 5.05. The van der Waals surface area contributed by atoms with Gasteiger partial charge >= 0.3 is 5.97 Å². The van der Waals surface area contributed by atoms with Crippen LogP contribution in [0.3, 0.4) is 0 Å². The van der Waals surface area contributed by atoms with E-state index in [4.69, 9.17) is 9.26 Å². The number of fused-ring (bicyclic) bond motifs is 1. The van der Waals surface area contributed by atoms with E-state index in [0.29, 0.717) is 28.0 Å². The Kier molecular flexibility index (Phi) is 5.68. The molecule has 8 heteroatoms. The molecule has 1 amide bonds. The number of carbonyl (C=O) groups excluding carboxylic acids is 2. The topological polar surface area (TPSA) is 94.3 Å². The van der Waals surface area contributed by atoms with Crippen LogP contribution in [0.2, 0.25) is 0 Å². The van der Waals surface area contributed by atoms with E-state index in [0.717, 1.165) is 11.1 Å². The fourth-order valence-electron chi connectivity index (χ4n) is 3.31. The molecule has 0 bridgehead atoms. The Hall–Kier alpha value is -4.07. The first-order valence-electron chi connectivity index (χ1n) is 9.89. The van der Waals surface area contributed by atoms with Gasteiger partial charge in [0.1, 0.15) is 5.82 Å². The molecule has 0 aliphatic rings. The molecule has 7 nitrogen and oxygen atoms in total. The van der Waals surface area contributed by atoms with Gasteiger partial charge in [-0.3, -0.25) is 4.79 Å². The molecule has 0 radical (unpaired) electrons. The summed E-state index contributed by atoms with van der Waals surface area (Å²) in [6, 6.07) is 12.8. The Morgan fingerprint density at radius 2 is 1.84 bits per heavy atom. The van der Waals surface area contributed by atoms with Crippen molar-refractivity contribution in [3.63, 3.8) is 0 Å². The molecule has 2 heterocycles. The van der Waals surface area contributed by atoms with Crippen LogP contribution in [0.5, 0.6) is 0 Å². The number of esters is 1. The number of carbonyl (C=O) groups is 2. The molecule has 0 saturated heterocycles. The number of benzene rings is 2. The lowest BCUT2D eigenvalue weighted by atomic mass is 10.1. The van der Waals surface area contributed by atoms with Gasteiger partial charge in [0.05, 0.1) is 22.3 Å². The van der Waals surface area contributed by atoms with Crippen molar-refractivity contribution in [1.29, 1.82) is 0 Å². The molecule has 4 aromatic rings. The lowest BCUT2D eigenvalue weighted by Crippen LogP contribution is -2.21. The number of nitrogens with zero attached hydrogens (tertiary/aromatic N) is 2. The van der Waals surface area contributed by atoms with Crippen molar-refractivity contribution in [3.8, 4) is 11.3 Å². The Morgan fingerprint density at radius 3 is 2.59 bits per heavy atom. The fraction of sp³-hybridized carbons (Fsp3) is 0.167. The first-order chi connectivity index (χ1) is 15.3. The smallest absolute Gasteiger partial charge is 0.339 e. The van der Waals surface area contributed by atoms with E-state index >= 15 is 0 Å². The molecule has 2 aromatic carbocycles. The van der Waals surface area contributed by atoms with Gasteiger partial charge in [0.15, 0.2) is 6.61 Å². The summed E-state index contributed by atoms with van der Waals surface area (Å²) in [7, 11) is 0. The third kappa shape index (κ3) is 4.20. The second-order valence-electron chi connectivity index (χ2n) is 7.38. The molecular formula is C24H20FN3O4. The SMILES string of the molecule is Cc1cccc(NC(=O)COC(=O)c2cc(-c3ccc(F)cc3)nc3onc(C)c23)c1C. The van der Waals surface area contributed by atoms with Gasteiger partial charge in [0.25, 0.3) is 11.6 Å². The first-order valence-corrected chi connectivity index (χ1v) is 9.89. The van der Waals surface area contributed by atoms with Crippen LogP contribution in [-0.2, 0) is 9.53 Å². The third-order valence-electron chi connectivity index (χ3n) is 5.19.